The molecule has 3 fully saturated rings. The topological polar surface area (TPSA) is 78.5 Å². The molecule has 32 heavy (non-hydrogen) atoms. The SMILES string of the molecule is O=C1C(=C2Nc3ccccc3S(=O)(=O)N2)CN(Cc2ccc(F)cc2)C2C1[C@H]1CC[C@@H]2C1. The lowest BCUT2D eigenvalue weighted by Crippen LogP contribution is -2.54. The molecule has 166 valence electrons. The van der Waals surface area contributed by atoms with Gasteiger partial charge < -0.3 is 5.32 Å². The van der Waals surface area contributed by atoms with Crippen molar-refractivity contribution in [1.29, 1.82) is 0 Å². The minimum absolute atomic E-state index is 0.0575. The van der Waals surface area contributed by atoms with Gasteiger partial charge in [0.15, 0.2) is 5.78 Å². The molecule has 2 aromatic rings. The van der Waals surface area contributed by atoms with Gasteiger partial charge in [-0.25, -0.2) is 12.8 Å². The summed E-state index contributed by atoms with van der Waals surface area (Å²) in [5, 5.41) is 3.16. The van der Waals surface area contributed by atoms with Crippen LogP contribution in [0.1, 0.15) is 24.8 Å². The third-order valence-electron chi connectivity index (χ3n) is 7.53. The number of nitrogens with one attached hydrogen (secondary N) is 2. The van der Waals surface area contributed by atoms with Crippen molar-refractivity contribution in [3.63, 3.8) is 0 Å². The van der Waals surface area contributed by atoms with Crippen molar-refractivity contribution in [1.82, 2.24) is 9.62 Å². The molecule has 2 bridgehead atoms. The number of para-hydroxylation sites is 1. The third kappa shape index (κ3) is 3.08. The highest BCUT2D eigenvalue weighted by atomic mass is 32.2. The van der Waals surface area contributed by atoms with E-state index in [0.29, 0.717) is 36.2 Å². The number of fused-ring (bicyclic) bond motifs is 6. The number of anilines is 1. The first kappa shape index (κ1) is 19.9. The molecule has 2 aromatic carbocycles. The molecule has 2 saturated carbocycles. The first-order chi connectivity index (χ1) is 15.4. The molecule has 2 aliphatic carbocycles. The van der Waals surface area contributed by atoms with Gasteiger partial charge in [0.25, 0.3) is 10.0 Å². The summed E-state index contributed by atoms with van der Waals surface area (Å²) in [7, 11) is -3.76. The van der Waals surface area contributed by atoms with Crippen LogP contribution in [0.5, 0.6) is 0 Å². The summed E-state index contributed by atoms with van der Waals surface area (Å²) >= 11 is 0. The molecule has 6 rings (SSSR count). The zero-order valence-corrected chi connectivity index (χ0v) is 18.2. The molecule has 2 unspecified atom stereocenters. The minimum atomic E-state index is -3.76. The number of nitrogens with zero attached hydrogens (tertiary/aromatic N) is 1. The fraction of sp³-hybridized carbons (Fsp3) is 0.375. The molecule has 0 radical (unpaired) electrons. The Morgan fingerprint density at radius 1 is 1.03 bits per heavy atom. The summed E-state index contributed by atoms with van der Waals surface area (Å²) in [5.74, 6) is 0.757. The van der Waals surface area contributed by atoms with Crippen molar-refractivity contribution < 1.29 is 17.6 Å². The number of hydrogen-bond donors (Lipinski definition) is 2. The van der Waals surface area contributed by atoms with Crippen LogP contribution >= 0.6 is 0 Å². The van der Waals surface area contributed by atoms with Crippen molar-refractivity contribution in [3.8, 4) is 0 Å². The van der Waals surface area contributed by atoms with E-state index < -0.39 is 10.0 Å². The maximum Gasteiger partial charge on any atom is 0.265 e. The molecule has 4 aliphatic rings. The number of ketones is 1. The number of hydrogen-bond acceptors (Lipinski definition) is 5. The fourth-order valence-electron chi connectivity index (χ4n) is 6.22. The number of carbonyl (C=O) groups excluding carboxylic acids is 1. The molecule has 6 nitrogen and oxygen atoms in total. The Balaban J connectivity index is 1.41. The lowest BCUT2D eigenvalue weighted by atomic mass is 9.75. The van der Waals surface area contributed by atoms with E-state index in [1.807, 2.05) is 0 Å². The van der Waals surface area contributed by atoms with Gasteiger partial charge in [-0.05, 0) is 60.9 Å². The van der Waals surface area contributed by atoms with E-state index in [1.165, 1.54) is 12.1 Å². The second-order valence-corrected chi connectivity index (χ2v) is 11.0. The van der Waals surface area contributed by atoms with Crippen LogP contribution in [-0.2, 0) is 21.4 Å². The van der Waals surface area contributed by atoms with Crippen LogP contribution in [0.2, 0.25) is 0 Å². The molecule has 8 heteroatoms. The average Bonchev–Trinajstić information content (AvgIpc) is 3.39. The van der Waals surface area contributed by atoms with Crippen LogP contribution < -0.4 is 10.0 Å². The molecule has 0 spiro atoms. The van der Waals surface area contributed by atoms with Crippen LogP contribution in [0, 0.1) is 23.6 Å². The van der Waals surface area contributed by atoms with E-state index in [1.54, 1.807) is 36.4 Å². The molecular formula is C24H24FN3O3S. The van der Waals surface area contributed by atoms with Crippen molar-refractivity contribution in [2.45, 2.75) is 36.7 Å². The summed E-state index contributed by atoms with van der Waals surface area (Å²) in [6, 6.07) is 13.3. The summed E-state index contributed by atoms with van der Waals surface area (Å²) in [6.45, 7) is 0.950. The van der Waals surface area contributed by atoms with Gasteiger partial charge >= 0.3 is 0 Å². The second kappa shape index (κ2) is 7.15. The van der Waals surface area contributed by atoms with Crippen LogP contribution in [-0.4, -0.2) is 31.7 Å². The van der Waals surface area contributed by atoms with Gasteiger partial charge in [0.2, 0.25) is 0 Å². The lowest BCUT2D eigenvalue weighted by Gasteiger charge is -2.44. The molecule has 2 heterocycles. The lowest BCUT2D eigenvalue weighted by molar-refractivity contribution is -0.126. The van der Waals surface area contributed by atoms with Crippen molar-refractivity contribution in [2.24, 2.45) is 17.8 Å². The van der Waals surface area contributed by atoms with E-state index in [2.05, 4.69) is 14.9 Å². The highest BCUT2D eigenvalue weighted by molar-refractivity contribution is 7.89. The van der Waals surface area contributed by atoms with E-state index in [9.17, 15) is 17.6 Å². The number of piperidine rings is 1. The van der Waals surface area contributed by atoms with Crippen LogP contribution in [0.3, 0.4) is 0 Å². The number of halogens is 1. The van der Waals surface area contributed by atoms with Crippen LogP contribution in [0.25, 0.3) is 0 Å². The Bertz CT molecular complexity index is 1240. The Labute approximate surface area is 186 Å². The van der Waals surface area contributed by atoms with Crippen LogP contribution in [0.4, 0.5) is 10.1 Å². The molecule has 0 aromatic heterocycles. The monoisotopic (exact) mass is 453 g/mol. The standard InChI is InChI=1S/C24H24FN3O3S/c25-17-9-5-14(6-10-17)12-28-13-18(23(29)21-15-7-8-16(11-15)22(21)28)24-26-19-3-1-2-4-20(19)32(30,31)27-24/h1-6,9-10,15-16,21-22,26-27H,7-8,11-13H2/t15-,16+,21?,22?/m0/s1. The number of likely N-dealkylation sites (tertiary alicyclic amines) is 1. The van der Waals surface area contributed by atoms with Crippen molar-refractivity contribution in [3.05, 3.63) is 71.3 Å². The highest BCUT2D eigenvalue weighted by Crippen LogP contribution is 2.53. The largest absolute Gasteiger partial charge is 0.340 e. The second-order valence-electron chi connectivity index (χ2n) is 9.33. The maximum absolute atomic E-state index is 13.7. The maximum atomic E-state index is 13.7. The number of Topliss-reactive ketones (excluding diaryl/α,β-unsaturated/α-hetero) is 1. The van der Waals surface area contributed by atoms with Gasteiger partial charge in [-0.1, -0.05) is 24.3 Å². The quantitative estimate of drug-likeness (QED) is 0.683. The molecule has 2 aliphatic heterocycles. The van der Waals surface area contributed by atoms with E-state index in [-0.39, 0.29) is 34.3 Å². The van der Waals surface area contributed by atoms with Gasteiger partial charge in [-0.15, -0.1) is 0 Å². The number of benzene rings is 2. The number of rotatable bonds is 2. The normalized spacial score (nSPS) is 32.7. The van der Waals surface area contributed by atoms with Gasteiger partial charge in [-0.2, -0.15) is 0 Å². The number of carbonyl (C=O) groups is 1. The van der Waals surface area contributed by atoms with Gasteiger partial charge in [-0.3, -0.25) is 14.4 Å². The summed E-state index contributed by atoms with van der Waals surface area (Å²) < 4.78 is 41.7. The zero-order valence-electron chi connectivity index (χ0n) is 17.4. The van der Waals surface area contributed by atoms with E-state index >= 15 is 0 Å². The van der Waals surface area contributed by atoms with Crippen molar-refractivity contribution in [2.75, 3.05) is 11.9 Å². The van der Waals surface area contributed by atoms with Gasteiger partial charge in [0, 0.05) is 25.0 Å². The van der Waals surface area contributed by atoms with E-state index in [4.69, 9.17) is 0 Å². The van der Waals surface area contributed by atoms with Crippen LogP contribution in [0.15, 0.2) is 64.8 Å². The Kier molecular flexibility index (Phi) is 4.45. The van der Waals surface area contributed by atoms with E-state index in [0.717, 1.165) is 24.8 Å². The molecule has 4 atom stereocenters. The predicted molar refractivity (Wildman–Crippen MR) is 117 cm³/mol. The van der Waals surface area contributed by atoms with Crippen molar-refractivity contribution >= 4 is 21.5 Å². The first-order valence-electron chi connectivity index (χ1n) is 11.1. The summed E-state index contributed by atoms with van der Waals surface area (Å²) in [6.07, 6.45) is 3.22. The molecule has 1 saturated heterocycles. The molecule has 2 N–H and O–H groups in total. The summed E-state index contributed by atoms with van der Waals surface area (Å²) in [5.41, 5.74) is 1.94. The zero-order chi connectivity index (χ0) is 22.0. The smallest absolute Gasteiger partial charge is 0.265 e. The number of sulfonamides is 1. The predicted octanol–water partition coefficient (Wildman–Crippen LogP) is 3.24. The third-order valence-corrected chi connectivity index (χ3v) is 8.94. The molecule has 0 amide bonds. The Hall–Kier alpha value is -2.71. The van der Waals surface area contributed by atoms with Gasteiger partial charge in [0.1, 0.15) is 16.5 Å². The first-order valence-corrected chi connectivity index (χ1v) is 12.5. The Morgan fingerprint density at radius 3 is 2.59 bits per heavy atom. The molecular weight excluding hydrogens is 429 g/mol. The Morgan fingerprint density at radius 2 is 1.78 bits per heavy atom. The summed E-state index contributed by atoms with van der Waals surface area (Å²) in [4.78, 5) is 16.1. The van der Waals surface area contributed by atoms with Gasteiger partial charge in [0.05, 0.1) is 11.3 Å². The minimum Gasteiger partial charge on any atom is -0.340 e. The highest BCUT2D eigenvalue weighted by Gasteiger charge is 2.56. The fourth-order valence-corrected chi connectivity index (χ4v) is 7.44. The average molecular weight is 454 g/mol.